The van der Waals surface area contributed by atoms with Crippen LogP contribution in [0, 0.1) is 35.5 Å². The largest absolute Gasteiger partial charge is 0.493 e. The number of methoxy groups -OCH3 is 2. The molecule has 0 spiro atoms. The second-order valence-corrected chi connectivity index (χ2v) is 9.97. The van der Waals surface area contributed by atoms with E-state index in [4.69, 9.17) is 15.9 Å². The first kappa shape index (κ1) is 18.7. The van der Waals surface area contributed by atoms with E-state index in [-0.39, 0.29) is 11.3 Å². The molecule has 4 aliphatic carbocycles. The third kappa shape index (κ3) is 2.98. The lowest BCUT2D eigenvalue weighted by Crippen LogP contribution is -2.49. The highest BCUT2D eigenvalue weighted by atomic mass is 32.1. The van der Waals surface area contributed by atoms with Gasteiger partial charge in [-0.3, -0.25) is 4.79 Å². The molecule has 4 fully saturated rings. The Morgan fingerprint density at radius 2 is 1.76 bits per heavy atom. The van der Waals surface area contributed by atoms with Crippen LogP contribution in [0.2, 0.25) is 0 Å². The summed E-state index contributed by atoms with van der Waals surface area (Å²) in [5, 5.41) is 0. The van der Waals surface area contributed by atoms with Crippen LogP contribution in [0.1, 0.15) is 38.5 Å². The Labute approximate surface area is 174 Å². The topological polar surface area (TPSA) is 52.8 Å². The lowest BCUT2D eigenvalue weighted by molar-refractivity contribution is -0.142. The summed E-state index contributed by atoms with van der Waals surface area (Å²) in [7, 11) is 3.23. The fourth-order valence-electron chi connectivity index (χ4n) is 6.30. The van der Waals surface area contributed by atoms with E-state index in [1.807, 2.05) is 16.7 Å². The van der Waals surface area contributed by atoms with E-state index in [1.54, 1.807) is 14.2 Å². The van der Waals surface area contributed by atoms with Gasteiger partial charge in [-0.2, -0.15) is 4.99 Å². The first-order chi connectivity index (χ1) is 14.0. The van der Waals surface area contributed by atoms with Crippen LogP contribution in [0.25, 0.3) is 10.2 Å². The van der Waals surface area contributed by atoms with Crippen molar-refractivity contribution in [2.24, 2.45) is 28.2 Å². The Balaban J connectivity index is 1.60. The van der Waals surface area contributed by atoms with Gasteiger partial charge in [-0.25, -0.2) is 0 Å². The van der Waals surface area contributed by atoms with Crippen molar-refractivity contribution in [3.05, 3.63) is 16.9 Å². The zero-order chi connectivity index (χ0) is 20.2. The van der Waals surface area contributed by atoms with Gasteiger partial charge in [0, 0.05) is 12.1 Å². The molecule has 4 aliphatic rings. The van der Waals surface area contributed by atoms with Crippen LogP contribution in [-0.2, 0) is 11.3 Å². The number of rotatable bonds is 4. The summed E-state index contributed by atoms with van der Waals surface area (Å²) in [5.74, 6) is 6.22. The highest BCUT2D eigenvalue weighted by molar-refractivity contribution is 7.16. The number of hydrogen-bond donors (Lipinski definition) is 0. The molecule has 0 N–H and O–H groups in total. The fraction of sp³-hybridized carbons (Fsp3) is 0.565. The monoisotopic (exact) mass is 410 g/mol. The van der Waals surface area contributed by atoms with Crippen LogP contribution in [0.15, 0.2) is 17.1 Å². The van der Waals surface area contributed by atoms with Crippen molar-refractivity contribution in [3.63, 3.8) is 0 Å². The standard InChI is InChI=1S/C23H26N2O3S/c1-4-5-25-17-9-18(27-2)19(28-3)10-20(17)29-22(25)24-21(26)23-11-14-6-15(12-23)8-16(7-14)13-23/h1,9-10,14-16H,5-8,11-13H2,2-3H3. The van der Waals surface area contributed by atoms with Crippen LogP contribution in [0.4, 0.5) is 0 Å². The number of fused-ring (bicyclic) bond motifs is 1. The van der Waals surface area contributed by atoms with Gasteiger partial charge in [-0.05, 0) is 56.3 Å². The molecule has 0 aliphatic heterocycles. The van der Waals surface area contributed by atoms with E-state index in [2.05, 4.69) is 10.9 Å². The van der Waals surface area contributed by atoms with Gasteiger partial charge in [0.2, 0.25) is 0 Å². The average molecular weight is 411 g/mol. The molecule has 0 atom stereocenters. The van der Waals surface area contributed by atoms with E-state index in [0.29, 0.717) is 40.6 Å². The van der Waals surface area contributed by atoms with Gasteiger partial charge < -0.3 is 14.0 Å². The number of benzene rings is 1. The summed E-state index contributed by atoms with van der Waals surface area (Å²) in [5.41, 5.74) is 0.677. The molecule has 6 heteroatoms. The van der Waals surface area contributed by atoms with Crippen molar-refractivity contribution < 1.29 is 14.3 Å². The van der Waals surface area contributed by atoms with E-state index >= 15 is 0 Å². The quantitative estimate of drug-likeness (QED) is 0.716. The van der Waals surface area contributed by atoms with E-state index in [1.165, 1.54) is 30.6 Å². The second kappa shape index (κ2) is 6.91. The van der Waals surface area contributed by atoms with Crippen molar-refractivity contribution in [3.8, 4) is 23.8 Å². The summed E-state index contributed by atoms with van der Waals surface area (Å²) in [6.45, 7) is 0.364. The number of amides is 1. The number of terminal acetylenes is 1. The van der Waals surface area contributed by atoms with Crippen molar-refractivity contribution in [2.75, 3.05) is 14.2 Å². The third-order valence-corrected chi connectivity index (χ3v) is 8.17. The maximum absolute atomic E-state index is 13.5. The molecule has 1 aromatic carbocycles. The highest BCUT2D eigenvalue weighted by Crippen LogP contribution is 2.60. The highest BCUT2D eigenvalue weighted by Gasteiger charge is 2.54. The van der Waals surface area contributed by atoms with Crippen molar-refractivity contribution in [1.82, 2.24) is 4.57 Å². The molecule has 0 radical (unpaired) electrons. The van der Waals surface area contributed by atoms with Gasteiger partial charge >= 0.3 is 0 Å². The number of aromatic nitrogens is 1. The van der Waals surface area contributed by atoms with Crippen LogP contribution in [-0.4, -0.2) is 24.7 Å². The smallest absolute Gasteiger partial charge is 0.254 e. The molecule has 1 aromatic heterocycles. The lowest BCUT2D eigenvalue weighted by atomic mass is 9.49. The van der Waals surface area contributed by atoms with Crippen LogP contribution < -0.4 is 14.3 Å². The van der Waals surface area contributed by atoms with Crippen molar-refractivity contribution in [2.45, 2.75) is 45.1 Å². The number of ether oxygens (including phenoxy) is 2. The molecule has 152 valence electrons. The maximum atomic E-state index is 13.5. The van der Waals surface area contributed by atoms with E-state index in [0.717, 1.165) is 29.5 Å². The fourth-order valence-corrected chi connectivity index (χ4v) is 7.34. The molecule has 1 amide bonds. The van der Waals surface area contributed by atoms with Gasteiger partial charge in [0.1, 0.15) is 0 Å². The summed E-state index contributed by atoms with van der Waals surface area (Å²) < 4.78 is 13.8. The minimum absolute atomic E-state index is 0.0628. The summed E-state index contributed by atoms with van der Waals surface area (Å²) >= 11 is 1.49. The van der Waals surface area contributed by atoms with Crippen molar-refractivity contribution >= 4 is 27.5 Å². The zero-order valence-corrected chi connectivity index (χ0v) is 17.8. The molecule has 0 unspecified atom stereocenters. The van der Waals surface area contributed by atoms with Crippen LogP contribution >= 0.6 is 11.3 Å². The SMILES string of the molecule is C#CCn1c(=NC(=O)C23CC4CC(CC(C4)C2)C3)sc2cc(OC)c(OC)cc21. The second-order valence-electron chi connectivity index (χ2n) is 8.96. The molecule has 5 nitrogen and oxygen atoms in total. The Morgan fingerprint density at radius 3 is 2.31 bits per heavy atom. The summed E-state index contributed by atoms with van der Waals surface area (Å²) in [6, 6.07) is 3.84. The predicted molar refractivity (Wildman–Crippen MR) is 113 cm³/mol. The third-order valence-electron chi connectivity index (χ3n) is 7.13. The van der Waals surface area contributed by atoms with Crippen LogP contribution in [0.5, 0.6) is 11.5 Å². The molecule has 0 saturated heterocycles. The Bertz CT molecular complexity index is 1050. The molecule has 4 saturated carbocycles. The molecule has 1 heterocycles. The van der Waals surface area contributed by atoms with Gasteiger partial charge in [0.15, 0.2) is 16.3 Å². The van der Waals surface area contributed by atoms with Gasteiger partial charge in [-0.15, -0.1) is 6.42 Å². The molecule has 4 bridgehead atoms. The van der Waals surface area contributed by atoms with Gasteiger partial charge in [-0.1, -0.05) is 17.3 Å². The molecule has 6 rings (SSSR count). The number of hydrogen-bond acceptors (Lipinski definition) is 4. The molecular weight excluding hydrogens is 384 g/mol. The van der Waals surface area contributed by atoms with Gasteiger partial charge in [0.05, 0.1) is 36.4 Å². The summed E-state index contributed by atoms with van der Waals surface area (Å²) in [4.78, 5) is 18.8. The zero-order valence-electron chi connectivity index (χ0n) is 16.9. The van der Waals surface area contributed by atoms with Gasteiger partial charge in [0.25, 0.3) is 5.91 Å². The molecule has 29 heavy (non-hydrogen) atoms. The Hall–Kier alpha value is -2.26. The first-order valence-corrected chi connectivity index (χ1v) is 11.1. The van der Waals surface area contributed by atoms with E-state index in [9.17, 15) is 4.79 Å². The number of thiazole rings is 1. The van der Waals surface area contributed by atoms with E-state index < -0.39 is 0 Å². The minimum Gasteiger partial charge on any atom is -0.493 e. The average Bonchev–Trinajstić information content (AvgIpc) is 3.02. The predicted octanol–water partition coefficient (Wildman–Crippen LogP) is 4.00. The Morgan fingerprint density at radius 1 is 1.17 bits per heavy atom. The Kier molecular flexibility index (Phi) is 4.47. The summed E-state index contributed by atoms with van der Waals surface area (Å²) in [6.07, 6.45) is 12.6. The van der Waals surface area contributed by atoms with Crippen molar-refractivity contribution in [1.29, 1.82) is 0 Å². The first-order valence-electron chi connectivity index (χ1n) is 10.3. The number of nitrogens with zero attached hydrogens (tertiary/aromatic N) is 2. The lowest BCUT2D eigenvalue weighted by Gasteiger charge is -2.55. The normalized spacial score (nSPS) is 30.5. The van der Waals surface area contributed by atoms with Crippen LogP contribution in [0.3, 0.4) is 0 Å². The molecule has 2 aromatic rings. The number of carbonyl (C=O) groups is 1. The molecular formula is C23H26N2O3S. The maximum Gasteiger partial charge on any atom is 0.254 e. The number of carbonyl (C=O) groups excluding carboxylic acids is 1. The minimum atomic E-state index is -0.242.